The highest BCUT2D eigenvalue weighted by Gasteiger charge is 2.44. The second-order valence-corrected chi connectivity index (χ2v) is 5.49. The molecule has 0 radical (unpaired) electrons. The summed E-state index contributed by atoms with van der Waals surface area (Å²) in [7, 11) is 1.70. The van der Waals surface area contributed by atoms with Crippen LogP contribution < -0.4 is 0 Å². The second kappa shape index (κ2) is 5.03. The summed E-state index contributed by atoms with van der Waals surface area (Å²) in [5.41, 5.74) is 0.139. The van der Waals surface area contributed by atoms with Crippen LogP contribution in [-0.4, -0.2) is 36.6 Å². The van der Waals surface area contributed by atoms with Crippen LogP contribution in [0.5, 0.6) is 0 Å². The van der Waals surface area contributed by atoms with E-state index in [0.717, 1.165) is 25.9 Å². The van der Waals surface area contributed by atoms with Crippen molar-refractivity contribution in [3.05, 3.63) is 0 Å². The molecule has 94 valence electrons. The predicted octanol–water partition coefficient (Wildman–Crippen LogP) is 2.12. The molecule has 2 rings (SSSR count). The maximum absolute atomic E-state index is 10.2. The molecule has 1 heterocycles. The maximum atomic E-state index is 10.2. The van der Waals surface area contributed by atoms with E-state index in [1.807, 2.05) is 6.92 Å². The van der Waals surface area contributed by atoms with Crippen LogP contribution >= 0.6 is 0 Å². The third-order valence-electron chi connectivity index (χ3n) is 4.32. The third-order valence-corrected chi connectivity index (χ3v) is 4.32. The molecule has 16 heavy (non-hydrogen) atoms. The zero-order valence-corrected chi connectivity index (χ0v) is 10.4. The van der Waals surface area contributed by atoms with Crippen molar-refractivity contribution in [2.75, 3.05) is 13.7 Å². The fourth-order valence-electron chi connectivity index (χ4n) is 2.94. The van der Waals surface area contributed by atoms with E-state index in [1.54, 1.807) is 7.11 Å². The molecule has 1 aliphatic carbocycles. The van der Waals surface area contributed by atoms with Crippen LogP contribution in [0.15, 0.2) is 0 Å². The topological polar surface area (TPSA) is 38.7 Å². The van der Waals surface area contributed by atoms with Gasteiger partial charge in [-0.15, -0.1) is 0 Å². The molecule has 3 atom stereocenters. The number of aliphatic hydroxyl groups is 1. The number of aliphatic hydroxyl groups excluding tert-OH is 1. The van der Waals surface area contributed by atoms with Gasteiger partial charge in [0.25, 0.3) is 0 Å². The minimum Gasteiger partial charge on any atom is -0.393 e. The highest BCUT2D eigenvalue weighted by Crippen LogP contribution is 2.45. The van der Waals surface area contributed by atoms with Gasteiger partial charge in [0.15, 0.2) is 0 Å². The van der Waals surface area contributed by atoms with Crippen molar-refractivity contribution in [1.29, 1.82) is 0 Å². The summed E-state index contributed by atoms with van der Waals surface area (Å²) in [5, 5.41) is 10.2. The first-order chi connectivity index (χ1) is 7.65. The van der Waals surface area contributed by atoms with Crippen LogP contribution in [0.25, 0.3) is 0 Å². The fourth-order valence-corrected chi connectivity index (χ4v) is 2.94. The zero-order valence-electron chi connectivity index (χ0n) is 10.4. The van der Waals surface area contributed by atoms with Crippen LogP contribution in [0.3, 0.4) is 0 Å². The number of methoxy groups -OCH3 is 1. The Hall–Kier alpha value is -0.120. The quantitative estimate of drug-likeness (QED) is 0.801. The van der Waals surface area contributed by atoms with Crippen molar-refractivity contribution >= 4 is 0 Å². The Morgan fingerprint density at radius 3 is 2.81 bits per heavy atom. The molecule has 1 spiro atoms. The maximum Gasteiger partial charge on any atom is 0.0686 e. The van der Waals surface area contributed by atoms with Crippen molar-refractivity contribution in [3.63, 3.8) is 0 Å². The first-order valence-corrected chi connectivity index (χ1v) is 6.50. The van der Waals surface area contributed by atoms with Crippen molar-refractivity contribution in [2.45, 2.75) is 63.3 Å². The van der Waals surface area contributed by atoms with E-state index in [4.69, 9.17) is 9.47 Å². The van der Waals surface area contributed by atoms with E-state index in [2.05, 4.69) is 0 Å². The van der Waals surface area contributed by atoms with Crippen molar-refractivity contribution < 1.29 is 14.6 Å². The molecule has 3 unspecified atom stereocenters. The Morgan fingerprint density at radius 2 is 2.25 bits per heavy atom. The van der Waals surface area contributed by atoms with Crippen LogP contribution in [0.4, 0.5) is 0 Å². The molecular formula is C13H24O3. The average Bonchev–Trinajstić information content (AvgIpc) is 2.27. The van der Waals surface area contributed by atoms with E-state index in [1.165, 1.54) is 19.3 Å². The van der Waals surface area contributed by atoms with Gasteiger partial charge < -0.3 is 14.6 Å². The van der Waals surface area contributed by atoms with Crippen LogP contribution in [-0.2, 0) is 9.47 Å². The molecule has 0 amide bonds. The minimum atomic E-state index is -0.226. The highest BCUT2D eigenvalue weighted by molar-refractivity contribution is 4.95. The first kappa shape index (κ1) is 12.3. The van der Waals surface area contributed by atoms with Gasteiger partial charge in [0, 0.05) is 13.7 Å². The Balaban J connectivity index is 1.84. The van der Waals surface area contributed by atoms with Crippen molar-refractivity contribution in [1.82, 2.24) is 0 Å². The standard InChI is InChI=1S/C13H24O3/c1-10(15-2)8-12(14)11-4-7-16-13(9-11)5-3-6-13/h10-12,14H,3-9H2,1-2H3. The normalized spacial score (nSPS) is 32.1. The van der Waals surface area contributed by atoms with Gasteiger partial charge >= 0.3 is 0 Å². The monoisotopic (exact) mass is 228 g/mol. The molecule has 0 aromatic carbocycles. The van der Waals surface area contributed by atoms with Crippen LogP contribution in [0, 0.1) is 5.92 Å². The highest BCUT2D eigenvalue weighted by atomic mass is 16.5. The average molecular weight is 228 g/mol. The van der Waals surface area contributed by atoms with Gasteiger partial charge in [-0.05, 0) is 51.4 Å². The van der Waals surface area contributed by atoms with Crippen molar-refractivity contribution in [2.24, 2.45) is 5.92 Å². The molecule has 1 aliphatic heterocycles. The molecule has 0 aromatic rings. The molecule has 0 aromatic heterocycles. The Kier molecular flexibility index (Phi) is 3.88. The van der Waals surface area contributed by atoms with Crippen molar-refractivity contribution in [3.8, 4) is 0 Å². The third kappa shape index (κ3) is 2.58. The van der Waals surface area contributed by atoms with Gasteiger partial charge in [0.1, 0.15) is 0 Å². The predicted molar refractivity (Wildman–Crippen MR) is 62.4 cm³/mol. The lowest BCUT2D eigenvalue weighted by atomic mass is 9.70. The molecule has 1 saturated carbocycles. The minimum absolute atomic E-state index is 0.139. The van der Waals surface area contributed by atoms with Gasteiger partial charge in [-0.2, -0.15) is 0 Å². The number of ether oxygens (including phenoxy) is 2. The Morgan fingerprint density at radius 1 is 1.50 bits per heavy atom. The van der Waals surface area contributed by atoms with Gasteiger partial charge in [-0.25, -0.2) is 0 Å². The van der Waals surface area contributed by atoms with Gasteiger partial charge in [0.05, 0.1) is 17.8 Å². The summed E-state index contributed by atoms with van der Waals surface area (Å²) in [5.74, 6) is 0.409. The molecule has 2 fully saturated rings. The van der Waals surface area contributed by atoms with Crippen LogP contribution in [0.1, 0.15) is 45.4 Å². The Labute approximate surface area is 98.1 Å². The number of hydrogen-bond donors (Lipinski definition) is 1. The summed E-state index contributed by atoms with van der Waals surface area (Å²) in [6, 6.07) is 0. The van der Waals surface area contributed by atoms with E-state index < -0.39 is 0 Å². The fraction of sp³-hybridized carbons (Fsp3) is 1.00. The molecule has 2 aliphatic rings. The molecule has 0 bridgehead atoms. The molecular weight excluding hydrogens is 204 g/mol. The summed E-state index contributed by atoms with van der Waals surface area (Å²) in [6.45, 7) is 2.84. The zero-order chi connectivity index (χ0) is 11.6. The van der Waals surface area contributed by atoms with Gasteiger partial charge in [-0.3, -0.25) is 0 Å². The second-order valence-electron chi connectivity index (χ2n) is 5.49. The smallest absolute Gasteiger partial charge is 0.0686 e. The van der Waals surface area contributed by atoms with E-state index in [9.17, 15) is 5.11 Å². The molecule has 1 saturated heterocycles. The number of rotatable bonds is 4. The van der Waals surface area contributed by atoms with Crippen LogP contribution in [0.2, 0.25) is 0 Å². The van der Waals surface area contributed by atoms with E-state index in [0.29, 0.717) is 5.92 Å². The lowest BCUT2D eigenvalue weighted by Gasteiger charge is -2.48. The van der Waals surface area contributed by atoms with E-state index in [-0.39, 0.29) is 17.8 Å². The number of hydrogen-bond acceptors (Lipinski definition) is 3. The molecule has 1 N–H and O–H groups in total. The summed E-state index contributed by atoms with van der Waals surface area (Å²) >= 11 is 0. The molecule has 3 heteroatoms. The first-order valence-electron chi connectivity index (χ1n) is 6.50. The Bertz CT molecular complexity index is 225. The summed E-state index contributed by atoms with van der Waals surface area (Å²) in [6.07, 6.45) is 6.39. The lowest BCUT2D eigenvalue weighted by Crippen LogP contribution is -2.48. The molecule has 3 nitrogen and oxygen atoms in total. The van der Waals surface area contributed by atoms with Gasteiger partial charge in [0.2, 0.25) is 0 Å². The SMILES string of the molecule is COC(C)CC(O)C1CCOC2(CCC2)C1. The van der Waals surface area contributed by atoms with E-state index >= 15 is 0 Å². The lowest BCUT2D eigenvalue weighted by molar-refractivity contribution is -0.159. The van der Waals surface area contributed by atoms with Gasteiger partial charge in [-0.1, -0.05) is 0 Å². The summed E-state index contributed by atoms with van der Waals surface area (Å²) < 4.78 is 11.1. The summed E-state index contributed by atoms with van der Waals surface area (Å²) in [4.78, 5) is 0. The largest absolute Gasteiger partial charge is 0.393 e.